The van der Waals surface area contributed by atoms with Crippen LogP contribution in [0.2, 0.25) is 0 Å². The van der Waals surface area contributed by atoms with E-state index >= 15 is 0 Å². The summed E-state index contributed by atoms with van der Waals surface area (Å²) in [6, 6.07) is 7.90. The second-order valence-corrected chi connectivity index (χ2v) is 6.06. The molecule has 1 aromatic heterocycles. The number of nitrogens with zero attached hydrogens (tertiary/aromatic N) is 3. The Bertz CT molecular complexity index is 734. The second-order valence-electron chi connectivity index (χ2n) is 6.06. The molecule has 1 aliphatic heterocycles. The number of urea groups is 1. The van der Waals surface area contributed by atoms with Crippen LogP contribution in [0.25, 0.3) is 0 Å². The Hall–Kier alpha value is -3.03. The third-order valence-corrected chi connectivity index (χ3v) is 4.07. The van der Waals surface area contributed by atoms with Crippen molar-refractivity contribution >= 4 is 23.3 Å². The largest absolute Gasteiger partial charge is 0.372 e. The first-order valence-electron chi connectivity index (χ1n) is 8.29. The Morgan fingerprint density at radius 2 is 1.88 bits per heavy atom. The third-order valence-electron chi connectivity index (χ3n) is 4.07. The number of carbonyl (C=O) groups is 2. The van der Waals surface area contributed by atoms with Crippen LogP contribution in [0.4, 0.5) is 16.2 Å². The van der Waals surface area contributed by atoms with Crippen LogP contribution < -0.4 is 21.3 Å². The molecule has 2 heterocycles. The SMILES string of the molecule is NC(=O)Cn1cc(NC(=O)NCc2ccc(N3CCCC3)cc2)cn1. The number of aromatic nitrogens is 2. The standard InChI is InChI=1S/C17H22N6O2/c18-16(24)12-23-11-14(10-20-23)21-17(25)19-9-13-3-5-15(6-4-13)22-7-1-2-8-22/h3-6,10-11H,1-2,7-9,12H2,(H2,18,24)(H2,19,21,25). The minimum atomic E-state index is -0.489. The van der Waals surface area contributed by atoms with Crippen LogP contribution in [-0.4, -0.2) is 34.8 Å². The Morgan fingerprint density at radius 1 is 1.16 bits per heavy atom. The number of hydrogen-bond acceptors (Lipinski definition) is 4. The van der Waals surface area contributed by atoms with Gasteiger partial charge in [-0.2, -0.15) is 5.10 Å². The maximum absolute atomic E-state index is 11.9. The minimum absolute atomic E-state index is 0.0212. The summed E-state index contributed by atoms with van der Waals surface area (Å²) in [4.78, 5) is 25.1. The molecule has 8 nitrogen and oxygen atoms in total. The smallest absolute Gasteiger partial charge is 0.319 e. The van der Waals surface area contributed by atoms with Gasteiger partial charge in [-0.3, -0.25) is 9.48 Å². The normalized spacial score (nSPS) is 13.7. The lowest BCUT2D eigenvalue weighted by atomic mass is 10.2. The molecule has 0 bridgehead atoms. The molecule has 4 N–H and O–H groups in total. The van der Waals surface area contributed by atoms with Gasteiger partial charge in [0.15, 0.2) is 0 Å². The molecule has 0 atom stereocenters. The van der Waals surface area contributed by atoms with E-state index in [0.717, 1.165) is 18.7 Å². The lowest BCUT2D eigenvalue weighted by molar-refractivity contribution is -0.118. The van der Waals surface area contributed by atoms with Crippen molar-refractivity contribution in [2.24, 2.45) is 5.73 Å². The predicted octanol–water partition coefficient (Wildman–Crippen LogP) is 1.29. The minimum Gasteiger partial charge on any atom is -0.372 e. The molecule has 3 amide bonds. The van der Waals surface area contributed by atoms with Gasteiger partial charge in [-0.1, -0.05) is 12.1 Å². The average Bonchev–Trinajstić information content (AvgIpc) is 3.25. The molecule has 1 aliphatic rings. The number of carbonyl (C=O) groups excluding carboxylic acids is 2. The van der Waals surface area contributed by atoms with Crippen LogP contribution in [-0.2, 0) is 17.9 Å². The van der Waals surface area contributed by atoms with E-state index < -0.39 is 5.91 Å². The molecule has 0 spiro atoms. The number of amides is 3. The molecule has 0 saturated carbocycles. The van der Waals surface area contributed by atoms with E-state index in [4.69, 9.17) is 5.73 Å². The first-order valence-corrected chi connectivity index (χ1v) is 8.29. The zero-order valence-electron chi connectivity index (χ0n) is 13.9. The molecule has 1 fully saturated rings. The summed E-state index contributed by atoms with van der Waals surface area (Å²) in [5, 5.41) is 9.41. The fraction of sp³-hybridized carbons (Fsp3) is 0.353. The quantitative estimate of drug-likeness (QED) is 0.735. The van der Waals surface area contributed by atoms with Crippen LogP contribution in [0.15, 0.2) is 36.7 Å². The first-order chi connectivity index (χ1) is 12.1. The monoisotopic (exact) mass is 342 g/mol. The fourth-order valence-corrected chi connectivity index (χ4v) is 2.83. The van der Waals surface area contributed by atoms with Gasteiger partial charge in [0.25, 0.3) is 0 Å². The van der Waals surface area contributed by atoms with Gasteiger partial charge in [0.2, 0.25) is 5.91 Å². The molecule has 0 aliphatic carbocycles. The summed E-state index contributed by atoms with van der Waals surface area (Å²) < 4.78 is 1.37. The van der Waals surface area contributed by atoms with Crippen LogP contribution in [0, 0.1) is 0 Å². The van der Waals surface area contributed by atoms with Gasteiger partial charge in [-0.15, -0.1) is 0 Å². The number of rotatable bonds is 6. The van der Waals surface area contributed by atoms with E-state index in [-0.39, 0.29) is 12.6 Å². The van der Waals surface area contributed by atoms with E-state index in [9.17, 15) is 9.59 Å². The summed E-state index contributed by atoms with van der Waals surface area (Å²) >= 11 is 0. The van der Waals surface area contributed by atoms with E-state index in [0.29, 0.717) is 12.2 Å². The highest BCUT2D eigenvalue weighted by atomic mass is 16.2. The van der Waals surface area contributed by atoms with Crippen molar-refractivity contribution in [2.45, 2.75) is 25.9 Å². The fourth-order valence-electron chi connectivity index (χ4n) is 2.83. The summed E-state index contributed by atoms with van der Waals surface area (Å²) in [7, 11) is 0. The Balaban J connectivity index is 1.47. The van der Waals surface area contributed by atoms with Crippen molar-refractivity contribution in [3.8, 4) is 0 Å². The van der Waals surface area contributed by atoms with E-state index in [1.807, 2.05) is 12.1 Å². The first kappa shape index (κ1) is 16.8. The Kier molecular flexibility index (Phi) is 5.17. The van der Waals surface area contributed by atoms with Gasteiger partial charge >= 0.3 is 6.03 Å². The van der Waals surface area contributed by atoms with Crippen molar-refractivity contribution < 1.29 is 9.59 Å². The highest BCUT2D eigenvalue weighted by molar-refractivity contribution is 5.88. The van der Waals surface area contributed by atoms with Crippen molar-refractivity contribution in [3.05, 3.63) is 42.2 Å². The summed E-state index contributed by atoms with van der Waals surface area (Å²) in [5.41, 5.74) is 7.86. The predicted molar refractivity (Wildman–Crippen MR) is 95.2 cm³/mol. The molecule has 2 aromatic rings. The molecule has 0 radical (unpaired) electrons. The maximum atomic E-state index is 11.9. The van der Waals surface area contributed by atoms with E-state index in [1.165, 1.54) is 29.4 Å². The topological polar surface area (TPSA) is 105 Å². The van der Waals surface area contributed by atoms with Crippen LogP contribution in [0.3, 0.4) is 0 Å². The van der Waals surface area contributed by atoms with Crippen molar-refractivity contribution in [1.29, 1.82) is 0 Å². The van der Waals surface area contributed by atoms with Crippen LogP contribution in [0.5, 0.6) is 0 Å². The lowest BCUT2D eigenvalue weighted by Crippen LogP contribution is -2.28. The highest BCUT2D eigenvalue weighted by Crippen LogP contribution is 2.20. The van der Waals surface area contributed by atoms with Gasteiger partial charge in [0.05, 0.1) is 11.9 Å². The summed E-state index contributed by atoms with van der Waals surface area (Å²) in [6.45, 7) is 2.64. The Morgan fingerprint density at radius 3 is 2.56 bits per heavy atom. The van der Waals surface area contributed by atoms with Gasteiger partial charge in [-0.25, -0.2) is 4.79 Å². The van der Waals surface area contributed by atoms with Crippen LogP contribution >= 0.6 is 0 Å². The molecular formula is C17H22N6O2. The molecular weight excluding hydrogens is 320 g/mol. The lowest BCUT2D eigenvalue weighted by Gasteiger charge is -2.17. The number of primary amides is 1. The highest BCUT2D eigenvalue weighted by Gasteiger charge is 2.12. The van der Waals surface area contributed by atoms with Crippen molar-refractivity contribution in [3.63, 3.8) is 0 Å². The summed E-state index contributed by atoms with van der Waals surface area (Å²) in [6.07, 6.45) is 5.52. The van der Waals surface area contributed by atoms with E-state index in [2.05, 4.69) is 32.8 Å². The van der Waals surface area contributed by atoms with Gasteiger partial charge in [0.1, 0.15) is 6.54 Å². The third kappa shape index (κ3) is 4.72. The molecule has 1 saturated heterocycles. The zero-order valence-corrected chi connectivity index (χ0v) is 13.9. The molecule has 25 heavy (non-hydrogen) atoms. The van der Waals surface area contributed by atoms with Gasteiger partial charge in [-0.05, 0) is 30.5 Å². The number of nitrogens with one attached hydrogen (secondary N) is 2. The molecule has 1 aromatic carbocycles. The van der Waals surface area contributed by atoms with Crippen molar-refractivity contribution in [1.82, 2.24) is 15.1 Å². The molecule has 3 rings (SSSR count). The molecule has 132 valence electrons. The molecule has 8 heteroatoms. The Labute approximate surface area is 146 Å². The number of nitrogens with two attached hydrogens (primary N) is 1. The summed E-state index contributed by atoms with van der Waals surface area (Å²) in [5.74, 6) is -0.489. The van der Waals surface area contributed by atoms with Gasteiger partial charge in [0, 0.05) is 31.5 Å². The zero-order chi connectivity index (χ0) is 17.6. The maximum Gasteiger partial charge on any atom is 0.319 e. The number of hydrogen-bond donors (Lipinski definition) is 3. The van der Waals surface area contributed by atoms with Gasteiger partial charge < -0.3 is 21.3 Å². The molecule has 0 unspecified atom stereocenters. The average molecular weight is 342 g/mol. The number of benzene rings is 1. The van der Waals surface area contributed by atoms with Crippen molar-refractivity contribution in [2.75, 3.05) is 23.3 Å². The number of anilines is 2. The second kappa shape index (κ2) is 7.69. The van der Waals surface area contributed by atoms with E-state index in [1.54, 1.807) is 6.20 Å². The van der Waals surface area contributed by atoms with Crippen LogP contribution in [0.1, 0.15) is 18.4 Å².